The van der Waals surface area contributed by atoms with Crippen LogP contribution in [0.3, 0.4) is 0 Å². The first kappa shape index (κ1) is 89.6. The van der Waals surface area contributed by atoms with E-state index in [0.29, 0.717) is 135 Å². The molecular formula is C89H101F4N25O6. The minimum atomic E-state index is -1.17. The zero-order chi connectivity index (χ0) is 89.6. The summed E-state index contributed by atoms with van der Waals surface area (Å²) in [4.78, 5) is 122. The van der Waals surface area contributed by atoms with Crippen LogP contribution in [0, 0.1) is 99.1 Å². The van der Waals surface area contributed by atoms with Crippen LogP contribution >= 0.6 is 0 Å². The van der Waals surface area contributed by atoms with Crippen molar-refractivity contribution in [1.29, 1.82) is 0 Å². The number of nitrogens with zero attached hydrogens (tertiary/aromatic N) is 20. The van der Waals surface area contributed by atoms with Crippen LogP contribution in [0.25, 0.3) is 84.0 Å². The fourth-order valence-electron chi connectivity index (χ4n) is 13.5. The van der Waals surface area contributed by atoms with E-state index in [9.17, 15) is 41.5 Å². The van der Waals surface area contributed by atoms with Crippen molar-refractivity contribution in [2.45, 2.75) is 188 Å². The van der Waals surface area contributed by atoms with Crippen LogP contribution in [-0.2, 0) is 24.0 Å². The van der Waals surface area contributed by atoms with Gasteiger partial charge in [-0.1, -0.05) is 99.8 Å². The van der Waals surface area contributed by atoms with E-state index in [2.05, 4.69) is 101 Å². The van der Waals surface area contributed by atoms with Crippen molar-refractivity contribution in [3.63, 3.8) is 0 Å². The number of fused-ring (bicyclic) bond motifs is 5. The predicted octanol–water partition coefficient (Wildman–Crippen LogP) is 18.2. The molecule has 124 heavy (non-hydrogen) atoms. The van der Waals surface area contributed by atoms with E-state index >= 15 is 0 Å². The Kier molecular flexibility index (Phi) is 27.0. The molecule has 14 aromatic rings. The molecule has 0 radical (unpaired) electrons. The molecule has 16 rings (SSSR count). The lowest BCUT2D eigenvalue weighted by Gasteiger charge is -2.38. The fraction of sp³-hybridized carbons (Fsp3) is 0.393. The molecule has 0 bridgehead atoms. The van der Waals surface area contributed by atoms with Crippen molar-refractivity contribution in [2.24, 2.45) is 40.4 Å². The Balaban J connectivity index is 0.000000141. The quantitative estimate of drug-likeness (QED) is 0.0393. The summed E-state index contributed by atoms with van der Waals surface area (Å²) < 4.78 is 67.3. The van der Waals surface area contributed by atoms with Crippen molar-refractivity contribution in [1.82, 2.24) is 92.8 Å². The molecule has 0 unspecified atom stereocenters. The topological polar surface area (TPSA) is 368 Å². The van der Waals surface area contributed by atoms with Crippen LogP contribution in [0.4, 0.5) is 53.1 Å². The third-order valence-electron chi connectivity index (χ3n) is 20.6. The Hall–Kier alpha value is -13.7. The summed E-state index contributed by atoms with van der Waals surface area (Å²) in [5, 5.41) is 18.2. The third kappa shape index (κ3) is 22.0. The van der Waals surface area contributed by atoms with Gasteiger partial charge >= 0.3 is 0 Å². The predicted molar refractivity (Wildman–Crippen MR) is 465 cm³/mol. The van der Waals surface area contributed by atoms with Crippen molar-refractivity contribution in [3.05, 3.63) is 179 Å². The first-order valence-electron chi connectivity index (χ1n) is 40.8. The van der Waals surface area contributed by atoms with E-state index in [0.717, 1.165) is 65.4 Å². The number of pyridine rings is 8. The number of amides is 5. The fourth-order valence-corrected chi connectivity index (χ4v) is 13.5. The van der Waals surface area contributed by atoms with Gasteiger partial charge in [0.2, 0.25) is 65.2 Å². The van der Waals surface area contributed by atoms with Gasteiger partial charge in [-0.15, -0.1) is 0 Å². The maximum absolute atomic E-state index is 13.6. The molecule has 35 heteroatoms. The Bertz CT molecular complexity index is 6290. The average molecular weight is 1690 g/mol. The molecule has 2 fully saturated rings. The number of aromatic nitrogens is 19. The number of imidazole rings is 5. The van der Waals surface area contributed by atoms with Crippen LogP contribution < -0.4 is 26.6 Å². The molecule has 2 aliphatic rings. The monoisotopic (exact) mass is 1690 g/mol. The van der Waals surface area contributed by atoms with Gasteiger partial charge < -0.3 is 9.37 Å². The second-order valence-electron chi connectivity index (χ2n) is 34.6. The van der Waals surface area contributed by atoms with Crippen molar-refractivity contribution in [3.8, 4) is 23.3 Å². The lowest BCUT2D eigenvalue weighted by atomic mass is 9.72. The lowest BCUT2D eigenvalue weighted by Crippen LogP contribution is -2.38. The molecule has 646 valence electrons. The molecule has 2 aliphatic carbocycles. The number of alkyl halides is 1. The Morgan fingerprint density at radius 2 is 0.823 bits per heavy atom. The minimum absolute atomic E-state index is 0.0266. The van der Waals surface area contributed by atoms with Crippen LogP contribution in [0.15, 0.2) is 126 Å². The number of carbonyl (C=O) groups excluding carboxylic acids is 5. The van der Waals surface area contributed by atoms with Crippen LogP contribution in [0.5, 0.6) is 0 Å². The number of hydrogen-bond acceptors (Lipinski definition) is 20. The molecule has 14 heterocycles. The van der Waals surface area contributed by atoms with Gasteiger partial charge in [-0.2, -0.15) is 0 Å². The summed E-state index contributed by atoms with van der Waals surface area (Å²) >= 11 is 0. The third-order valence-corrected chi connectivity index (χ3v) is 20.6. The summed E-state index contributed by atoms with van der Waals surface area (Å²) in [5.74, 6) is 2.18. The summed E-state index contributed by atoms with van der Waals surface area (Å²) in [5.41, 5.74) is 8.76. The van der Waals surface area contributed by atoms with E-state index in [1.54, 1.807) is 49.5 Å². The lowest BCUT2D eigenvalue weighted by molar-refractivity contribution is -0.121. The molecule has 31 nitrogen and oxygen atoms in total. The Labute approximate surface area is 713 Å². The summed E-state index contributed by atoms with van der Waals surface area (Å²) in [6.45, 7) is 41.8. The van der Waals surface area contributed by atoms with E-state index in [1.807, 2.05) is 165 Å². The molecule has 0 spiro atoms. The molecule has 2 atom stereocenters. The van der Waals surface area contributed by atoms with Gasteiger partial charge in [-0.05, 0) is 199 Å². The van der Waals surface area contributed by atoms with Gasteiger partial charge in [0.05, 0.1) is 24.3 Å². The highest BCUT2D eigenvalue weighted by Crippen LogP contribution is 2.43. The SMILES string of the molecule is Cc1cc(-n2c(NC(=O)CC(C)(C)C)nc3ccc(C)nc32)on1.Cc1ccc2nc(NC(=O)CC(C)(C)C)n(-c3ccc(F)cn3)c2n1.Cc1ccc2nc(NC(=O)CC3CC(C)(F)C3)n(-c3ccc(F)cn3)c2n1.Cc1ccc2nc(NC(=O)[C@@H](C)C(C)C)n(-c3ccc(F)cn3)c2n1.[C-]#[N+]c1ccc2nc(NC(=O)[C@@H](C)C(C)C)n(C3CCC3)c2n1. The minimum Gasteiger partial charge on any atom is -0.361 e. The number of rotatable bonds is 18. The van der Waals surface area contributed by atoms with Crippen LogP contribution in [-0.4, -0.2) is 128 Å². The number of anilines is 5. The van der Waals surface area contributed by atoms with Crippen LogP contribution in [0.1, 0.15) is 176 Å². The highest BCUT2D eigenvalue weighted by molar-refractivity contribution is 5.96. The average Bonchev–Trinajstić information content (AvgIpc) is 1.63. The van der Waals surface area contributed by atoms with Gasteiger partial charge in [-0.3, -0.25) is 55.1 Å². The maximum Gasteiger partial charge on any atom is 0.271 e. The summed E-state index contributed by atoms with van der Waals surface area (Å²) in [6.07, 6.45) is 8.35. The second-order valence-corrected chi connectivity index (χ2v) is 34.6. The van der Waals surface area contributed by atoms with E-state index in [4.69, 9.17) is 11.1 Å². The molecule has 14 aromatic heterocycles. The molecule has 0 aromatic carbocycles. The van der Waals surface area contributed by atoms with E-state index in [-0.39, 0.29) is 82.3 Å². The van der Waals surface area contributed by atoms with Gasteiger partial charge in [0.1, 0.15) is 68.2 Å². The van der Waals surface area contributed by atoms with Crippen molar-refractivity contribution < 1.29 is 46.1 Å². The highest BCUT2D eigenvalue weighted by Gasteiger charge is 2.41. The summed E-state index contributed by atoms with van der Waals surface area (Å²) in [7, 11) is 0. The zero-order valence-corrected chi connectivity index (χ0v) is 72.6. The number of carbonyl (C=O) groups is 5. The van der Waals surface area contributed by atoms with Gasteiger partial charge in [0.25, 0.3) is 11.5 Å². The second kappa shape index (κ2) is 37.3. The zero-order valence-electron chi connectivity index (χ0n) is 72.6. The normalized spacial score (nSPS) is 14.9. The number of hydrogen-bond donors (Lipinski definition) is 5. The van der Waals surface area contributed by atoms with Gasteiger partial charge in [0, 0.05) is 66.0 Å². The molecule has 0 aliphatic heterocycles. The van der Waals surface area contributed by atoms with Crippen molar-refractivity contribution in [2.75, 3.05) is 26.6 Å². The molecule has 5 N–H and O–H groups in total. The van der Waals surface area contributed by atoms with Crippen LogP contribution in [0.2, 0.25) is 0 Å². The number of aryl methyl sites for hydroxylation is 5. The summed E-state index contributed by atoms with van der Waals surface area (Å²) in [6, 6.07) is 28.7. The standard InChI is InChI=1S/C19H19F2N5O.2C18H20FN5O.C17H21N5O2.C17H21N5O/c1-11-3-5-14-17(23-11)26(15-6-4-13(20)10-22-15)18(24-14)25-16(27)7-12-8-19(2,21)9-12;1-11-5-7-13-16(21-11)24(14-8-6-12(19)10-20-14)17(22-13)23-15(25)9-18(2,3)4;1-10(2)12(4)17(25)23-18-22-14-7-5-11(3)21-16(14)24(18)15-8-6-13(19)9-20-15;1-10-6-7-12-15(18-10)22(14-8-11(2)21-24-14)16(19-12)20-13(23)9-17(3,4)5;1-10(2)11(3)16(23)21-17-19-13-8-9-14(18-4)20-15(13)22(17)12-6-5-7-12/h3-6,10,12H,7-9H2,1-2H3,(H,24,25,27);5-8,10H,9H2,1-4H3,(H,22,23,25);5-10,12H,1-4H3,(H,22,23,25);6-8H,9H2,1-5H3,(H,19,20,23);8-12H,5-7H2,1-3H3,(H,19,21,23)/t;;12-;;11-/m..0.0/s1. The van der Waals surface area contributed by atoms with Crippen molar-refractivity contribution >= 4 is 121 Å². The van der Waals surface area contributed by atoms with Gasteiger partial charge in [0.15, 0.2) is 22.6 Å². The molecular weight excluding hydrogens is 1590 g/mol. The van der Waals surface area contributed by atoms with E-state index in [1.165, 1.54) is 42.8 Å². The Morgan fingerprint density at radius 3 is 1.16 bits per heavy atom. The number of nitrogens with one attached hydrogen (secondary N) is 5. The first-order chi connectivity index (χ1) is 58.6. The number of halogens is 4. The first-order valence-corrected chi connectivity index (χ1v) is 40.8. The van der Waals surface area contributed by atoms with Gasteiger partial charge in [-0.25, -0.2) is 95.6 Å². The smallest absolute Gasteiger partial charge is 0.271 e. The highest BCUT2D eigenvalue weighted by atomic mass is 19.1. The molecule has 0 saturated heterocycles. The maximum atomic E-state index is 13.6. The molecule has 5 amide bonds. The van der Waals surface area contributed by atoms with E-state index < -0.39 is 23.1 Å². The largest absolute Gasteiger partial charge is 0.361 e. The Morgan fingerprint density at radius 1 is 0.468 bits per heavy atom. The molecule has 2 saturated carbocycles.